The van der Waals surface area contributed by atoms with Gasteiger partial charge in [-0.1, -0.05) is 23.2 Å². The van der Waals surface area contributed by atoms with Gasteiger partial charge in [-0.3, -0.25) is 0 Å². The molecule has 0 aliphatic heterocycles. The molecule has 0 saturated heterocycles. The molecule has 1 atom stereocenters. The van der Waals surface area contributed by atoms with E-state index in [4.69, 9.17) is 4.74 Å². The van der Waals surface area contributed by atoms with Gasteiger partial charge in [0.25, 0.3) is 0 Å². The molecule has 0 amide bonds. The molecule has 15 heavy (non-hydrogen) atoms. The van der Waals surface area contributed by atoms with E-state index in [1.807, 2.05) is 24.3 Å². The zero-order valence-electron chi connectivity index (χ0n) is 8.86. The molecule has 0 saturated carbocycles. The Hall–Kier alpha value is -1.82. The lowest BCUT2D eigenvalue weighted by Crippen LogP contribution is -1.95. The third-order valence-electron chi connectivity index (χ3n) is 1.99. The van der Waals surface area contributed by atoms with Gasteiger partial charge in [0.05, 0.1) is 0 Å². The Morgan fingerprint density at radius 1 is 1.53 bits per heavy atom. The molecule has 0 fully saturated rings. The van der Waals surface area contributed by atoms with E-state index in [0.29, 0.717) is 12.4 Å². The lowest BCUT2D eigenvalue weighted by Gasteiger charge is -2.06. The molecule has 0 aliphatic carbocycles. The molecule has 0 radical (unpaired) electrons. The Bertz CT molecular complexity index is 390. The van der Waals surface area contributed by atoms with Gasteiger partial charge >= 0.3 is 0 Å². The molecule has 0 aliphatic rings. The van der Waals surface area contributed by atoms with Gasteiger partial charge in [0.2, 0.25) is 0 Å². The van der Waals surface area contributed by atoms with E-state index in [1.165, 1.54) is 0 Å². The van der Waals surface area contributed by atoms with Crippen LogP contribution >= 0.6 is 0 Å². The molecule has 1 aromatic carbocycles. The first-order chi connectivity index (χ1) is 7.27. The summed E-state index contributed by atoms with van der Waals surface area (Å²) in [6, 6.07) is 6.99. The van der Waals surface area contributed by atoms with Gasteiger partial charge in [-0.05, 0) is 31.5 Å². The van der Waals surface area contributed by atoms with Crippen LogP contribution in [0, 0.1) is 16.7 Å². The molecule has 1 unspecified atom stereocenters. The standard InChI is InChI=1S/C12H13NO2/c1-3-4-8-15-12-7-5-6-11(9-12)10(2)13-14/h5-7,9-10H,8H2,1-2H3. The van der Waals surface area contributed by atoms with E-state index in [-0.39, 0.29) is 6.04 Å². The highest BCUT2D eigenvalue weighted by Crippen LogP contribution is 2.21. The van der Waals surface area contributed by atoms with Crippen molar-refractivity contribution >= 4 is 0 Å². The lowest BCUT2D eigenvalue weighted by atomic mass is 10.1. The summed E-state index contributed by atoms with van der Waals surface area (Å²) in [7, 11) is 0. The predicted octanol–water partition coefficient (Wildman–Crippen LogP) is 2.92. The van der Waals surface area contributed by atoms with Crippen LogP contribution in [0.4, 0.5) is 0 Å². The van der Waals surface area contributed by atoms with Crippen LogP contribution in [0.1, 0.15) is 25.5 Å². The van der Waals surface area contributed by atoms with Crippen molar-refractivity contribution in [3.63, 3.8) is 0 Å². The van der Waals surface area contributed by atoms with Crippen molar-refractivity contribution in [2.75, 3.05) is 6.61 Å². The van der Waals surface area contributed by atoms with Crippen LogP contribution in [0.25, 0.3) is 0 Å². The maximum Gasteiger partial charge on any atom is 0.149 e. The van der Waals surface area contributed by atoms with E-state index in [0.717, 1.165) is 5.56 Å². The van der Waals surface area contributed by atoms with E-state index in [2.05, 4.69) is 17.0 Å². The fourth-order valence-electron chi connectivity index (χ4n) is 1.12. The highest BCUT2D eigenvalue weighted by Gasteiger charge is 2.05. The second-order valence-corrected chi connectivity index (χ2v) is 3.07. The van der Waals surface area contributed by atoms with Crippen LogP contribution in [0.5, 0.6) is 5.75 Å². The third-order valence-corrected chi connectivity index (χ3v) is 1.99. The predicted molar refractivity (Wildman–Crippen MR) is 59.6 cm³/mol. The summed E-state index contributed by atoms with van der Waals surface area (Å²) in [6.07, 6.45) is 0. The van der Waals surface area contributed by atoms with Crippen LogP contribution < -0.4 is 4.74 Å². The van der Waals surface area contributed by atoms with Crippen molar-refractivity contribution in [3.05, 3.63) is 34.7 Å². The monoisotopic (exact) mass is 203 g/mol. The van der Waals surface area contributed by atoms with Gasteiger partial charge in [0.1, 0.15) is 18.4 Å². The number of hydrogen-bond acceptors (Lipinski definition) is 3. The normalized spacial score (nSPS) is 11.1. The minimum atomic E-state index is -0.342. The van der Waals surface area contributed by atoms with E-state index < -0.39 is 0 Å². The average Bonchev–Trinajstić information content (AvgIpc) is 2.29. The summed E-state index contributed by atoms with van der Waals surface area (Å²) in [5.74, 6) is 6.26. The smallest absolute Gasteiger partial charge is 0.149 e. The molecule has 0 heterocycles. The van der Waals surface area contributed by atoms with Crippen molar-refractivity contribution < 1.29 is 4.74 Å². The van der Waals surface area contributed by atoms with Gasteiger partial charge in [0.15, 0.2) is 0 Å². The summed E-state index contributed by atoms with van der Waals surface area (Å²) >= 11 is 0. The molecule has 1 aromatic rings. The Balaban J connectivity index is 2.72. The molecule has 1 rings (SSSR count). The number of hydrogen-bond donors (Lipinski definition) is 0. The van der Waals surface area contributed by atoms with Crippen molar-refractivity contribution in [1.82, 2.24) is 0 Å². The topological polar surface area (TPSA) is 38.7 Å². The largest absolute Gasteiger partial charge is 0.481 e. The molecule has 0 bridgehead atoms. The molecule has 0 N–H and O–H groups in total. The maximum absolute atomic E-state index is 10.4. The van der Waals surface area contributed by atoms with Crippen LogP contribution in [-0.2, 0) is 0 Å². The first kappa shape index (κ1) is 11.3. The van der Waals surface area contributed by atoms with Gasteiger partial charge in [-0.15, -0.1) is 5.92 Å². The fraction of sp³-hybridized carbons (Fsp3) is 0.333. The van der Waals surface area contributed by atoms with Crippen LogP contribution in [0.3, 0.4) is 0 Å². The highest BCUT2D eigenvalue weighted by atomic mass is 16.5. The van der Waals surface area contributed by atoms with Gasteiger partial charge in [-0.2, -0.15) is 4.91 Å². The van der Waals surface area contributed by atoms with Gasteiger partial charge in [0, 0.05) is 0 Å². The molecular weight excluding hydrogens is 190 g/mol. The summed E-state index contributed by atoms with van der Waals surface area (Å²) in [4.78, 5) is 10.4. The van der Waals surface area contributed by atoms with Crippen molar-refractivity contribution in [1.29, 1.82) is 0 Å². The number of nitrogens with zero attached hydrogens (tertiary/aromatic N) is 1. The molecule has 0 spiro atoms. The van der Waals surface area contributed by atoms with Crippen molar-refractivity contribution in [3.8, 4) is 17.6 Å². The first-order valence-electron chi connectivity index (χ1n) is 4.72. The SMILES string of the molecule is CC#CCOc1cccc(C(C)N=O)c1. The third kappa shape index (κ3) is 3.43. The number of rotatable bonds is 4. The van der Waals surface area contributed by atoms with E-state index in [9.17, 15) is 4.91 Å². The summed E-state index contributed by atoms with van der Waals surface area (Å²) in [6.45, 7) is 3.87. The second kappa shape index (κ2) is 5.82. The highest BCUT2D eigenvalue weighted by molar-refractivity contribution is 5.30. The minimum Gasteiger partial charge on any atom is -0.481 e. The summed E-state index contributed by atoms with van der Waals surface area (Å²) in [5.41, 5.74) is 0.854. The lowest BCUT2D eigenvalue weighted by molar-refractivity contribution is 0.369. The number of nitroso groups, excluding NO2 is 1. The van der Waals surface area contributed by atoms with Crippen LogP contribution in [-0.4, -0.2) is 6.61 Å². The average molecular weight is 203 g/mol. The Labute approximate surface area is 89.4 Å². The molecule has 78 valence electrons. The molecule has 0 aromatic heterocycles. The summed E-state index contributed by atoms with van der Waals surface area (Å²) < 4.78 is 5.36. The number of benzene rings is 1. The Kier molecular flexibility index (Phi) is 4.36. The van der Waals surface area contributed by atoms with Crippen LogP contribution in [0.15, 0.2) is 29.4 Å². The minimum absolute atomic E-state index is 0.342. The van der Waals surface area contributed by atoms with Gasteiger partial charge in [-0.25, -0.2) is 0 Å². The maximum atomic E-state index is 10.4. The number of ether oxygens (including phenoxy) is 1. The van der Waals surface area contributed by atoms with E-state index in [1.54, 1.807) is 13.8 Å². The molecule has 3 heteroatoms. The zero-order chi connectivity index (χ0) is 11.1. The first-order valence-corrected chi connectivity index (χ1v) is 4.72. The van der Waals surface area contributed by atoms with Gasteiger partial charge < -0.3 is 4.74 Å². The zero-order valence-corrected chi connectivity index (χ0v) is 8.86. The second-order valence-electron chi connectivity index (χ2n) is 3.07. The Morgan fingerprint density at radius 2 is 2.33 bits per heavy atom. The summed E-state index contributed by atoms with van der Waals surface area (Å²) in [5, 5.41) is 2.96. The Morgan fingerprint density at radius 3 is 3.00 bits per heavy atom. The fourth-order valence-corrected chi connectivity index (χ4v) is 1.12. The van der Waals surface area contributed by atoms with Crippen molar-refractivity contribution in [2.45, 2.75) is 19.9 Å². The molecule has 3 nitrogen and oxygen atoms in total. The van der Waals surface area contributed by atoms with Crippen molar-refractivity contribution in [2.24, 2.45) is 5.18 Å². The molecular formula is C12H13NO2. The van der Waals surface area contributed by atoms with Crippen LogP contribution in [0.2, 0.25) is 0 Å². The quantitative estimate of drug-likeness (QED) is 0.557. The van der Waals surface area contributed by atoms with E-state index >= 15 is 0 Å².